The van der Waals surface area contributed by atoms with Crippen LogP contribution in [0.5, 0.6) is 5.75 Å². The van der Waals surface area contributed by atoms with Crippen LogP contribution in [0.15, 0.2) is 18.2 Å². The van der Waals surface area contributed by atoms with Crippen LogP contribution in [-0.4, -0.2) is 23.9 Å². The van der Waals surface area contributed by atoms with E-state index in [9.17, 15) is 5.11 Å². The molecule has 3 atom stereocenters. The predicted molar refractivity (Wildman–Crippen MR) is 101 cm³/mol. The zero-order valence-electron chi connectivity index (χ0n) is 15.6. The van der Waals surface area contributed by atoms with Gasteiger partial charge in [-0.25, -0.2) is 0 Å². The molecule has 3 heteroatoms. The van der Waals surface area contributed by atoms with Crippen LogP contribution in [0.4, 0.5) is 0 Å². The van der Waals surface area contributed by atoms with Crippen molar-refractivity contribution in [2.24, 2.45) is 11.7 Å². The van der Waals surface area contributed by atoms with Crippen molar-refractivity contribution in [2.75, 3.05) is 7.11 Å². The minimum Gasteiger partial charge on any atom is -0.497 e. The molecule has 3 N–H and O–H groups in total. The molecule has 2 fully saturated rings. The second kappa shape index (κ2) is 6.59. The van der Waals surface area contributed by atoms with Crippen LogP contribution >= 0.6 is 0 Å². The Hall–Kier alpha value is -1.06. The lowest BCUT2D eigenvalue weighted by Gasteiger charge is -2.57. The highest BCUT2D eigenvalue weighted by Crippen LogP contribution is 2.55. The number of hydrogen-bond donors (Lipinski definition) is 2. The van der Waals surface area contributed by atoms with E-state index in [0.29, 0.717) is 0 Å². The summed E-state index contributed by atoms with van der Waals surface area (Å²) in [7, 11) is 1.72. The molecule has 0 aromatic heterocycles. The van der Waals surface area contributed by atoms with Crippen molar-refractivity contribution in [3.63, 3.8) is 0 Å². The SMILES string of the molecule is COc1ccc2c(c1)C1(C(N)CCC3CCC3)CCCCC1(O)CC2. The molecule has 0 radical (unpaired) electrons. The number of fused-ring (bicyclic) bond motifs is 3. The summed E-state index contributed by atoms with van der Waals surface area (Å²) in [5.41, 5.74) is 8.61. The summed E-state index contributed by atoms with van der Waals surface area (Å²) in [6, 6.07) is 6.46. The van der Waals surface area contributed by atoms with E-state index < -0.39 is 5.60 Å². The van der Waals surface area contributed by atoms with E-state index in [4.69, 9.17) is 10.5 Å². The molecule has 1 aromatic carbocycles. The van der Waals surface area contributed by atoms with Crippen molar-refractivity contribution >= 4 is 0 Å². The first-order chi connectivity index (χ1) is 12.1. The van der Waals surface area contributed by atoms with Crippen molar-refractivity contribution in [1.29, 1.82) is 0 Å². The van der Waals surface area contributed by atoms with Crippen LogP contribution in [0, 0.1) is 5.92 Å². The summed E-state index contributed by atoms with van der Waals surface area (Å²) in [6.45, 7) is 0. The van der Waals surface area contributed by atoms with Crippen molar-refractivity contribution in [1.82, 2.24) is 0 Å². The maximum Gasteiger partial charge on any atom is 0.119 e. The number of benzene rings is 1. The van der Waals surface area contributed by atoms with Gasteiger partial charge in [0.1, 0.15) is 5.75 Å². The van der Waals surface area contributed by atoms with Gasteiger partial charge in [0.2, 0.25) is 0 Å². The van der Waals surface area contributed by atoms with Crippen molar-refractivity contribution in [2.45, 2.75) is 87.7 Å². The summed E-state index contributed by atoms with van der Waals surface area (Å²) in [5, 5.41) is 11.7. The lowest BCUT2D eigenvalue weighted by molar-refractivity contribution is -0.0955. The molecule has 0 aliphatic heterocycles. The third kappa shape index (κ3) is 2.71. The summed E-state index contributed by atoms with van der Waals surface area (Å²) in [6.07, 6.45) is 12.4. The first-order valence-corrected chi connectivity index (χ1v) is 10.2. The van der Waals surface area contributed by atoms with Crippen molar-refractivity contribution < 1.29 is 9.84 Å². The molecule has 3 aliphatic rings. The predicted octanol–water partition coefficient (Wildman–Crippen LogP) is 4.09. The topological polar surface area (TPSA) is 55.5 Å². The molecule has 3 nitrogen and oxygen atoms in total. The summed E-state index contributed by atoms with van der Waals surface area (Å²) < 4.78 is 5.52. The third-order valence-electron chi connectivity index (χ3n) is 7.59. The second-order valence-electron chi connectivity index (χ2n) is 8.71. The Morgan fingerprint density at radius 3 is 2.72 bits per heavy atom. The Bertz CT molecular complexity index is 626. The van der Waals surface area contributed by atoms with E-state index >= 15 is 0 Å². The highest BCUT2D eigenvalue weighted by molar-refractivity contribution is 5.47. The molecule has 1 aromatic rings. The maximum absolute atomic E-state index is 11.7. The van der Waals surface area contributed by atoms with Gasteiger partial charge >= 0.3 is 0 Å². The number of nitrogens with two attached hydrogens (primary N) is 1. The lowest BCUT2D eigenvalue weighted by atomic mass is 9.51. The summed E-state index contributed by atoms with van der Waals surface area (Å²) in [4.78, 5) is 0. The van der Waals surface area contributed by atoms with Gasteiger partial charge in [0, 0.05) is 11.5 Å². The molecule has 25 heavy (non-hydrogen) atoms. The van der Waals surface area contributed by atoms with E-state index in [1.165, 1.54) is 36.8 Å². The van der Waals surface area contributed by atoms with Crippen molar-refractivity contribution in [3.05, 3.63) is 29.3 Å². The quantitative estimate of drug-likeness (QED) is 0.846. The van der Waals surface area contributed by atoms with E-state index in [1.807, 2.05) is 0 Å². The standard InChI is InChI=1S/C22H33NO2/c1-25-18-9-8-17-11-14-21(24)12-2-3-13-22(21,19(17)15-18)20(23)10-7-16-5-4-6-16/h8-9,15-16,20,24H,2-7,10-14,23H2,1H3. The summed E-state index contributed by atoms with van der Waals surface area (Å²) >= 11 is 0. The van der Waals surface area contributed by atoms with Gasteiger partial charge in [0.15, 0.2) is 0 Å². The Morgan fingerprint density at radius 2 is 2.00 bits per heavy atom. The molecule has 0 spiro atoms. The van der Waals surface area contributed by atoms with Crippen LogP contribution in [-0.2, 0) is 11.8 Å². The Labute approximate surface area is 152 Å². The Balaban J connectivity index is 1.73. The lowest BCUT2D eigenvalue weighted by Crippen LogP contribution is -2.64. The minimum absolute atomic E-state index is 0.0320. The van der Waals surface area contributed by atoms with Gasteiger partial charge < -0.3 is 15.6 Å². The van der Waals surface area contributed by atoms with Gasteiger partial charge in [-0.05, 0) is 67.7 Å². The van der Waals surface area contributed by atoms with Gasteiger partial charge in [0.05, 0.1) is 12.7 Å². The number of aliphatic hydroxyl groups is 1. The molecule has 3 aliphatic carbocycles. The number of aryl methyl sites for hydroxylation is 1. The van der Waals surface area contributed by atoms with E-state index in [0.717, 1.165) is 56.6 Å². The van der Waals surface area contributed by atoms with Crippen LogP contribution in [0.25, 0.3) is 0 Å². The molecule has 0 amide bonds. The van der Waals surface area contributed by atoms with Crippen LogP contribution < -0.4 is 10.5 Å². The molecule has 0 saturated heterocycles. The van der Waals surface area contributed by atoms with Crippen LogP contribution in [0.3, 0.4) is 0 Å². The number of ether oxygens (including phenoxy) is 1. The molecule has 0 heterocycles. The van der Waals surface area contributed by atoms with E-state index in [1.54, 1.807) is 7.11 Å². The number of hydrogen-bond acceptors (Lipinski definition) is 3. The fourth-order valence-corrected chi connectivity index (χ4v) is 5.84. The first-order valence-electron chi connectivity index (χ1n) is 10.2. The van der Waals surface area contributed by atoms with Gasteiger partial charge in [-0.3, -0.25) is 0 Å². The maximum atomic E-state index is 11.7. The molecule has 138 valence electrons. The average Bonchev–Trinajstić information content (AvgIpc) is 2.59. The van der Waals surface area contributed by atoms with Gasteiger partial charge in [-0.2, -0.15) is 0 Å². The van der Waals surface area contributed by atoms with Gasteiger partial charge in [-0.1, -0.05) is 38.2 Å². The normalized spacial score (nSPS) is 33.1. The molecular formula is C22H33NO2. The molecule has 4 rings (SSSR count). The zero-order valence-corrected chi connectivity index (χ0v) is 15.6. The summed E-state index contributed by atoms with van der Waals surface area (Å²) in [5.74, 6) is 1.76. The van der Waals surface area contributed by atoms with Crippen LogP contribution in [0.1, 0.15) is 75.3 Å². The second-order valence-corrected chi connectivity index (χ2v) is 8.71. The minimum atomic E-state index is -0.649. The average molecular weight is 344 g/mol. The number of methoxy groups -OCH3 is 1. The first kappa shape index (κ1) is 17.4. The third-order valence-corrected chi connectivity index (χ3v) is 7.59. The van der Waals surface area contributed by atoms with E-state index in [-0.39, 0.29) is 11.5 Å². The monoisotopic (exact) mass is 343 g/mol. The van der Waals surface area contributed by atoms with Gasteiger partial charge in [0.25, 0.3) is 0 Å². The number of rotatable bonds is 5. The van der Waals surface area contributed by atoms with Gasteiger partial charge in [-0.15, -0.1) is 0 Å². The van der Waals surface area contributed by atoms with Crippen LogP contribution in [0.2, 0.25) is 0 Å². The molecule has 0 bridgehead atoms. The molecular weight excluding hydrogens is 310 g/mol. The fourth-order valence-electron chi connectivity index (χ4n) is 5.84. The zero-order chi connectivity index (χ0) is 17.5. The smallest absolute Gasteiger partial charge is 0.119 e. The van der Waals surface area contributed by atoms with E-state index in [2.05, 4.69) is 18.2 Å². The molecule has 2 saturated carbocycles. The fraction of sp³-hybridized carbons (Fsp3) is 0.727. The molecule has 3 unspecified atom stereocenters. The largest absolute Gasteiger partial charge is 0.497 e. The Kier molecular flexibility index (Phi) is 4.57. The highest BCUT2D eigenvalue weighted by Gasteiger charge is 2.58. The highest BCUT2D eigenvalue weighted by atomic mass is 16.5. The van der Waals surface area contributed by atoms with Crippen molar-refractivity contribution in [3.8, 4) is 5.75 Å². The Morgan fingerprint density at radius 1 is 1.20 bits per heavy atom.